The van der Waals surface area contributed by atoms with Crippen LogP contribution in [0.15, 0.2) is 33.9 Å². The molecule has 0 saturated carbocycles. The molecule has 2 rings (SSSR count). The number of nitrogens with one attached hydrogen (secondary N) is 2. The predicted octanol–water partition coefficient (Wildman–Crippen LogP) is 0.834. The Morgan fingerprint density at radius 1 is 1.00 bits per heavy atom. The lowest BCUT2D eigenvalue weighted by Crippen LogP contribution is -2.21. The zero-order valence-corrected chi connectivity index (χ0v) is 8.86. The number of aromatic amines is 2. The van der Waals surface area contributed by atoms with Crippen LogP contribution in [0, 0.1) is 0 Å². The molecule has 0 aliphatic carbocycles. The van der Waals surface area contributed by atoms with Crippen molar-refractivity contribution in [2.45, 2.75) is 0 Å². The Bertz CT molecular complexity index is 529. The van der Waals surface area contributed by atoms with E-state index >= 15 is 0 Å². The smallest absolute Gasteiger partial charge is 0.307 e. The maximum Gasteiger partial charge on any atom is 0.326 e. The van der Waals surface area contributed by atoms with E-state index in [0.29, 0.717) is 10.9 Å². The van der Waals surface area contributed by atoms with E-state index in [9.17, 15) is 9.59 Å². The van der Waals surface area contributed by atoms with Crippen molar-refractivity contribution in [2.24, 2.45) is 0 Å². The fraction of sp³-hybridized carbons (Fsp3) is 0. The second-order valence-electron chi connectivity index (χ2n) is 2.45. The molecule has 0 aliphatic heterocycles. The second-order valence-corrected chi connectivity index (χ2v) is 2.45. The molecule has 2 N–H and O–H groups in total. The minimum Gasteiger partial charge on any atom is -0.307 e. The van der Waals surface area contributed by atoms with Gasteiger partial charge in [-0.1, -0.05) is 12.1 Å². The van der Waals surface area contributed by atoms with Gasteiger partial charge in [0.05, 0.1) is 10.9 Å². The number of rotatable bonds is 0. The van der Waals surface area contributed by atoms with Crippen molar-refractivity contribution < 1.29 is 0 Å². The molecule has 1 heterocycles. The maximum absolute atomic E-state index is 11.1. The number of para-hydroxylation sites is 1. The monoisotopic (exact) mass is 290 g/mol. The van der Waals surface area contributed by atoms with Gasteiger partial charge in [-0.3, -0.25) is 9.78 Å². The summed E-state index contributed by atoms with van der Waals surface area (Å²) >= 11 is 0. The number of H-pyrrole nitrogens is 2. The van der Waals surface area contributed by atoms with E-state index in [0.717, 1.165) is 0 Å². The molecular weight excluding hydrogens is 283 g/mol. The summed E-state index contributed by atoms with van der Waals surface area (Å²) in [4.78, 5) is 26.6. The van der Waals surface area contributed by atoms with Gasteiger partial charge in [0.1, 0.15) is 0 Å². The van der Waals surface area contributed by atoms with E-state index in [4.69, 9.17) is 0 Å². The van der Waals surface area contributed by atoms with Gasteiger partial charge in [0.15, 0.2) is 0 Å². The zero-order valence-electron chi connectivity index (χ0n) is 6.53. The largest absolute Gasteiger partial charge is 0.326 e. The Labute approximate surface area is 90.0 Å². The van der Waals surface area contributed by atoms with Gasteiger partial charge in [-0.15, -0.1) is 24.0 Å². The third kappa shape index (κ3) is 1.80. The van der Waals surface area contributed by atoms with Crippen LogP contribution >= 0.6 is 24.0 Å². The third-order valence-electron chi connectivity index (χ3n) is 1.65. The Morgan fingerprint density at radius 2 is 1.69 bits per heavy atom. The molecule has 1 aromatic carbocycles. The maximum atomic E-state index is 11.1. The van der Waals surface area contributed by atoms with Crippen molar-refractivity contribution in [2.75, 3.05) is 0 Å². The molecule has 0 fully saturated rings. The first-order valence-corrected chi connectivity index (χ1v) is 3.49. The molecule has 0 radical (unpaired) electrons. The van der Waals surface area contributed by atoms with Gasteiger partial charge in [0.2, 0.25) is 0 Å². The fourth-order valence-corrected chi connectivity index (χ4v) is 1.11. The van der Waals surface area contributed by atoms with E-state index < -0.39 is 5.69 Å². The van der Waals surface area contributed by atoms with Crippen LogP contribution in [0.2, 0.25) is 0 Å². The molecule has 0 aliphatic rings. The van der Waals surface area contributed by atoms with Crippen LogP contribution in [0.5, 0.6) is 0 Å². The Balaban J connectivity index is 0.000000845. The third-order valence-corrected chi connectivity index (χ3v) is 1.65. The molecule has 4 nitrogen and oxygen atoms in total. The average molecular weight is 290 g/mol. The van der Waals surface area contributed by atoms with Crippen molar-refractivity contribution in [3.05, 3.63) is 45.1 Å². The molecular formula is C8H7IN2O2. The van der Waals surface area contributed by atoms with E-state index in [1.807, 2.05) is 0 Å². The van der Waals surface area contributed by atoms with Crippen molar-refractivity contribution in [1.82, 2.24) is 9.97 Å². The Hall–Kier alpha value is -1.11. The van der Waals surface area contributed by atoms with Gasteiger partial charge in [0, 0.05) is 0 Å². The van der Waals surface area contributed by atoms with E-state index in [1.165, 1.54) is 0 Å². The first-order chi connectivity index (χ1) is 5.77. The summed E-state index contributed by atoms with van der Waals surface area (Å²) in [5.41, 5.74) is -0.265. The van der Waals surface area contributed by atoms with Crippen molar-refractivity contribution >= 4 is 34.9 Å². The standard InChI is InChI=1S/C8H6N2O2.HI/c11-7-5-3-1-2-4-6(5)9-8(12)10-7;/h1-4H,(H2,9,10,11,12);1H. The van der Waals surface area contributed by atoms with Crippen LogP contribution in [0.25, 0.3) is 10.9 Å². The van der Waals surface area contributed by atoms with Gasteiger partial charge < -0.3 is 4.98 Å². The van der Waals surface area contributed by atoms with Crippen LogP contribution in [-0.4, -0.2) is 9.97 Å². The molecule has 68 valence electrons. The first-order valence-electron chi connectivity index (χ1n) is 3.49. The summed E-state index contributed by atoms with van der Waals surface area (Å²) in [7, 11) is 0. The van der Waals surface area contributed by atoms with Crippen molar-refractivity contribution in [1.29, 1.82) is 0 Å². The highest BCUT2D eigenvalue weighted by Crippen LogP contribution is 2.01. The SMILES string of the molecule is I.O=c1[nH]c(=O)c2ccccc2[nH]1. The highest BCUT2D eigenvalue weighted by molar-refractivity contribution is 14.0. The predicted molar refractivity (Wildman–Crippen MR) is 60.6 cm³/mol. The molecule has 0 amide bonds. The van der Waals surface area contributed by atoms with Gasteiger partial charge >= 0.3 is 5.69 Å². The molecule has 2 aromatic rings. The zero-order chi connectivity index (χ0) is 8.55. The average Bonchev–Trinajstić information content (AvgIpc) is 2.04. The lowest BCUT2D eigenvalue weighted by Gasteiger charge is -1.92. The van der Waals surface area contributed by atoms with Gasteiger partial charge in [-0.2, -0.15) is 0 Å². The normalized spacial score (nSPS) is 9.54. The minimum atomic E-state index is -0.473. The summed E-state index contributed by atoms with van der Waals surface area (Å²) in [5, 5.41) is 0.497. The summed E-state index contributed by atoms with van der Waals surface area (Å²) in [6.07, 6.45) is 0. The molecule has 0 atom stereocenters. The van der Waals surface area contributed by atoms with Gasteiger partial charge in [0.25, 0.3) is 5.56 Å². The van der Waals surface area contributed by atoms with E-state index in [1.54, 1.807) is 24.3 Å². The Morgan fingerprint density at radius 3 is 2.46 bits per heavy atom. The number of hydrogen-bond donors (Lipinski definition) is 2. The van der Waals surface area contributed by atoms with Crippen molar-refractivity contribution in [3.63, 3.8) is 0 Å². The quantitative estimate of drug-likeness (QED) is 0.706. The fourth-order valence-electron chi connectivity index (χ4n) is 1.11. The molecule has 0 bridgehead atoms. The highest BCUT2D eigenvalue weighted by atomic mass is 127. The highest BCUT2D eigenvalue weighted by Gasteiger charge is 1.96. The van der Waals surface area contributed by atoms with Crippen LogP contribution in [0.3, 0.4) is 0 Å². The Kier molecular flexibility index (Phi) is 2.86. The van der Waals surface area contributed by atoms with Crippen LogP contribution in [0.4, 0.5) is 0 Å². The number of halogens is 1. The summed E-state index contributed by atoms with van der Waals surface area (Å²) in [5.74, 6) is 0. The number of hydrogen-bond acceptors (Lipinski definition) is 2. The topological polar surface area (TPSA) is 65.7 Å². The number of aromatic nitrogens is 2. The second kappa shape index (κ2) is 3.73. The molecule has 0 unspecified atom stereocenters. The van der Waals surface area contributed by atoms with Gasteiger partial charge in [-0.05, 0) is 12.1 Å². The molecule has 13 heavy (non-hydrogen) atoms. The van der Waals surface area contributed by atoms with Crippen LogP contribution < -0.4 is 11.2 Å². The van der Waals surface area contributed by atoms with Gasteiger partial charge in [-0.25, -0.2) is 4.79 Å². The number of fused-ring (bicyclic) bond motifs is 1. The lowest BCUT2D eigenvalue weighted by atomic mass is 10.2. The summed E-state index contributed by atoms with van der Waals surface area (Å²) < 4.78 is 0. The van der Waals surface area contributed by atoms with E-state index in [2.05, 4.69) is 9.97 Å². The summed E-state index contributed by atoms with van der Waals surface area (Å²) in [6, 6.07) is 6.85. The summed E-state index contributed by atoms with van der Waals surface area (Å²) in [6.45, 7) is 0. The first kappa shape index (κ1) is 9.97. The molecule has 0 saturated heterocycles. The van der Waals surface area contributed by atoms with Crippen molar-refractivity contribution in [3.8, 4) is 0 Å². The molecule has 0 spiro atoms. The molecule has 1 aromatic heterocycles. The van der Waals surface area contributed by atoms with Crippen LogP contribution in [-0.2, 0) is 0 Å². The van der Waals surface area contributed by atoms with Crippen LogP contribution in [0.1, 0.15) is 0 Å². The number of benzene rings is 1. The minimum absolute atomic E-state index is 0. The lowest BCUT2D eigenvalue weighted by molar-refractivity contribution is 1.08. The van der Waals surface area contributed by atoms with E-state index in [-0.39, 0.29) is 29.5 Å². The molecule has 5 heteroatoms.